The van der Waals surface area contributed by atoms with Gasteiger partial charge in [0.2, 0.25) is 0 Å². The number of fused-ring (bicyclic) bond motifs is 1. The molecule has 1 aromatic rings. The van der Waals surface area contributed by atoms with Crippen molar-refractivity contribution in [2.75, 3.05) is 13.2 Å². The Labute approximate surface area is 110 Å². The zero-order valence-corrected chi connectivity index (χ0v) is 10.7. The van der Waals surface area contributed by atoms with Gasteiger partial charge in [0.05, 0.1) is 5.02 Å². The minimum Gasteiger partial charge on any atom is -0.486 e. The molecule has 1 heterocycles. The average molecular weight is 272 g/mol. The summed E-state index contributed by atoms with van der Waals surface area (Å²) in [5, 5.41) is 12.1. The number of carboxylic acids is 1. The average Bonchev–Trinajstić information content (AvgIpc) is 2.36. The maximum atomic E-state index is 10.7. The lowest BCUT2D eigenvalue weighted by Crippen LogP contribution is -2.33. The first-order valence-corrected chi connectivity index (χ1v) is 6.00. The predicted octanol–water partition coefficient (Wildman–Crippen LogP) is 1.67. The molecule has 0 fully saturated rings. The molecule has 0 aliphatic carbocycles. The lowest BCUT2D eigenvalue weighted by atomic mass is 10.2. The molecule has 6 heteroatoms. The molecule has 0 saturated carbocycles. The molecule has 2 rings (SSSR count). The lowest BCUT2D eigenvalue weighted by molar-refractivity contribution is -0.139. The summed E-state index contributed by atoms with van der Waals surface area (Å²) in [5.74, 6) is 0.269. The van der Waals surface area contributed by atoms with E-state index in [0.717, 1.165) is 5.56 Å². The van der Waals surface area contributed by atoms with Crippen LogP contribution in [0.5, 0.6) is 11.5 Å². The summed E-state index contributed by atoms with van der Waals surface area (Å²) in [7, 11) is 0. The standard InChI is InChI=1S/C12H14ClNO4/c1-7(12(15)16)14-6-8-4-9(13)11-10(5-8)17-2-3-18-11/h4-5,7,14H,2-3,6H2,1H3,(H,15,16)/t7-/m1/s1. The van der Waals surface area contributed by atoms with Gasteiger partial charge in [0.15, 0.2) is 11.5 Å². The van der Waals surface area contributed by atoms with Crippen molar-refractivity contribution in [2.45, 2.75) is 19.5 Å². The highest BCUT2D eigenvalue weighted by Crippen LogP contribution is 2.38. The van der Waals surface area contributed by atoms with Gasteiger partial charge in [-0.2, -0.15) is 0 Å². The van der Waals surface area contributed by atoms with E-state index in [1.54, 1.807) is 13.0 Å². The number of aliphatic carboxylic acids is 1. The van der Waals surface area contributed by atoms with Gasteiger partial charge in [-0.05, 0) is 24.6 Å². The van der Waals surface area contributed by atoms with E-state index in [-0.39, 0.29) is 0 Å². The fourth-order valence-corrected chi connectivity index (χ4v) is 1.91. The Morgan fingerprint density at radius 2 is 2.22 bits per heavy atom. The third kappa shape index (κ3) is 2.86. The highest BCUT2D eigenvalue weighted by molar-refractivity contribution is 6.32. The number of rotatable bonds is 4. The van der Waals surface area contributed by atoms with Crippen LogP contribution in [-0.4, -0.2) is 30.3 Å². The van der Waals surface area contributed by atoms with Crippen molar-refractivity contribution in [1.29, 1.82) is 0 Å². The van der Waals surface area contributed by atoms with Crippen LogP contribution >= 0.6 is 11.6 Å². The van der Waals surface area contributed by atoms with Crippen LogP contribution in [0.15, 0.2) is 12.1 Å². The first kappa shape index (κ1) is 13.0. The number of ether oxygens (including phenoxy) is 2. The topological polar surface area (TPSA) is 67.8 Å². The Kier molecular flexibility index (Phi) is 3.93. The number of hydrogen-bond acceptors (Lipinski definition) is 4. The molecule has 18 heavy (non-hydrogen) atoms. The number of carbonyl (C=O) groups is 1. The Morgan fingerprint density at radius 3 is 2.94 bits per heavy atom. The monoisotopic (exact) mass is 271 g/mol. The van der Waals surface area contributed by atoms with Crippen molar-refractivity contribution in [3.8, 4) is 11.5 Å². The molecule has 5 nitrogen and oxygen atoms in total. The molecule has 1 atom stereocenters. The van der Waals surface area contributed by atoms with Gasteiger partial charge in [-0.3, -0.25) is 4.79 Å². The number of nitrogens with one attached hydrogen (secondary N) is 1. The van der Waals surface area contributed by atoms with Crippen molar-refractivity contribution in [1.82, 2.24) is 5.32 Å². The van der Waals surface area contributed by atoms with Crippen LogP contribution in [-0.2, 0) is 11.3 Å². The van der Waals surface area contributed by atoms with E-state index in [4.69, 9.17) is 26.2 Å². The van der Waals surface area contributed by atoms with Crippen molar-refractivity contribution in [2.24, 2.45) is 0 Å². The molecule has 0 bridgehead atoms. The SMILES string of the molecule is C[C@@H](NCc1cc(Cl)c2c(c1)OCCO2)C(=O)O. The number of halogens is 1. The quantitative estimate of drug-likeness (QED) is 0.872. The Morgan fingerprint density at radius 1 is 1.50 bits per heavy atom. The van der Waals surface area contributed by atoms with Gasteiger partial charge in [-0.25, -0.2) is 0 Å². The summed E-state index contributed by atoms with van der Waals surface area (Å²) in [5.41, 5.74) is 0.859. The van der Waals surface area contributed by atoms with Crippen molar-refractivity contribution in [3.05, 3.63) is 22.7 Å². The minimum absolute atomic E-state index is 0.407. The van der Waals surface area contributed by atoms with Gasteiger partial charge in [-0.15, -0.1) is 0 Å². The van der Waals surface area contributed by atoms with Crippen LogP contribution < -0.4 is 14.8 Å². The second kappa shape index (κ2) is 5.46. The Balaban J connectivity index is 2.10. The summed E-state index contributed by atoms with van der Waals surface area (Å²) in [6.07, 6.45) is 0. The van der Waals surface area contributed by atoms with Crippen LogP contribution in [0.4, 0.5) is 0 Å². The summed E-state index contributed by atoms with van der Waals surface area (Å²) in [4.78, 5) is 10.7. The molecular formula is C12H14ClNO4. The van der Waals surface area contributed by atoms with E-state index in [1.165, 1.54) is 0 Å². The summed E-state index contributed by atoms with van der Waals surface area (Å²) in [6.45, 7) is 2.97. The highest BCUT2D eigenvalue weighted by atomic mass is 35.5. The smallest absolute Gasteiger partial charge is 0.320 e. The van der Waals surface area contributed by atoms with Crippen LogP contribution in [0.25, 0.3) is 0 Å². The Hall–Kier alpha value is -1.46. The van der Waals surface area contributed by atoms with Gasteiger partial charge in [0.25, 0.3) is 0 Å². The van der Waals surface area contributed by atoms with E-state index in [2.05, 4.69) is 5.32 Å². The third-order valence-electron chi connectivity index (χ3n) is 2.64. The molecular weight excluding hydrogens is 258 g/mol. The normalized spacial score (nSPS) is 15.2. The van der Waals surface area contributed by atoms with Gasteiger partial charge in [0.1, 0.15) is 19.3 Å². The van der Waals surface area contributed by atoms with Crippen molar-refractivity contribution < 1.29 is 19.4 Å². The number of benzene rings is 1. The maximum Gasteiger partial charge on any atom is 0.320 e. The van der Waals surface area contributed by atoms with Crippen LogP contribution in [0, 0.1) is 0 Å². The fraction of sp³-hybridized carbons (Fsp3) is 0.417. The zero-order chi connectivity index (χ0) is 13.1. The summed E-state index contributed by atoms with van der Waals surface area (Å²) in [6, 6.07) is 2.94. The van der Waals surface area contributed by atoms with Gasteiger partial charge in [0, 0.05) is 6.54 Å². The molecule has 1 aliphatic rings. The fourth-order valence-electron chi connectivity index (χ4n) is 1.62. The molecule has 0 saturated heterocycles. The van der Waals surface area contributed by atoms with Gasteiger partial charge < -0.3 is 19.9 Å². The summed E-state index contributed by atoms with van der Waals surface area (Å²) >= 11 is 6.08. The molecule has 0 radical (unpaired) electrons. The van der Waals surface area contributed by atoms with Gasteiger partial charge >= 0.3 is 5.97 Å². The van der Waals surface area contributed by atoms with Gasteiger partial charge in [-0.1, -0.05) is 11.6 Å². The van der Waals surface area contributed by atoms with Crippen LogP contribution in [0.1, 0.15) is 12.5 Å². The molecule has 2 N–H and O–H groups in total. The molecule has 0 spiro atoms. The first-order valence-electron chi connectivity index (χ1n) is 5.62. The van der Waals surface area contributed by atoms with E-state index in [0.29, 0.717) is 36.3 Å². The van der Waals surface area contributed by atoms with E-state index >= 15 is 0 Å². The summed E-state index contributed by atoms with van der Waals surface area (Å²) < 4.78 is 10.8. The minimum atomic E-state index is -0.890. The van der Waals surface area contributed by atoms with Crippen LogP contribution in [0.3, 0.4) is 0 Å². The third-order valence-corrected chi connectivity index (χ3v) is 2.92. The largest absolute Gasteiger partial charge is 0.486 e. The highest BCUT2D eigenvalue weighted by Gasteiger charge is 2.17. The molecule has 98 valence electrons. The molecule has 0 aromatic heterocycles. The van der Waals surface area contributed by atoms with Crippen molar-refractivity contribution >= 4 is 17.6 Å². The second-order valence-corrected chi connectivity index (χ2v) is 4.45. The molecule has 0 amide bonds. The number of hydrogen-bond donors (Lipinski definition) is 2. The first-order chi connectivity index (χ1) is 8.58. The van der Waals surface area contributed by atoms with E-state index < -0.39 is 12.0 Å². The van der Waals surface area contributed by atoms with Crippen LogP contribution in [0.2, 0.25) is 5.02 Å². The Bertz CT molecular complexity index is 464. The van der Waals surface area contributed by atoms with E-state index in [1.807, 2.05) is 6.07 Å². The van der Waals surface area contributed by atoms with E-state index in [9.17, 15) is 4.79 Å². The predicted molar refractivity (Wildman–Crippen MR) is 66.4 cm³/mol. The lowest BCUT2D eigenvalue weighted by Gasteiger charge is -2.20. The number of carboxylic acid groups (broad SMARTS) is 1. The zero-order valence-electron chi connectivity index (χ0n) is 9.90. The second-order valence-electron chi connectivity index (χ2n) is 4.04. The molecule has 0 unspecified atom stereocenters. The van der Waals surface area contributed by atoms with Crippen molar-refractivity contribution in [3.63, 3.8) is 0 Å². The molecule has 1 aromatic carbocycles. The maximum absolute atomic E-state index is 10.7. The molecule has 1 aliphatic heterocycles.